The van der Waals surface area contributed by atoms with E-state index in [1.807, 2.05) is 58.0 Å². The lowest BCUT2D eigenvalue weighted by atomic mass is 9.85. The number of aryl methyl sites for hydroxylation is 1. The molecule has 5 nitrogen and oxygen atoms in total. The van der Waals surface area contributed by atoms with Gasteiger partial charge in [-0.25, -0.2) is 0 Å². The van der Waals surface area contributed by atoms with Crippen molar-refractivity contribution in [3.8, 4) is 0 Å². The molecule has 0 saturated heterocycles. The van der Waals surface area contributed by atoms with Crippen molar-refractivity contribution in [3.05, 3.63) is 53.5 Å². The zero-order valence-electron chi connectivity index (χ0n) is 15.1. The van der Waals surface area contributed by atoms with Gasteiger partial charge in [0.1, 0.15) is 12.3 Å². The van der Waals surface area contributed by atoms with Crippen molar-refractivity contribution in [1.29, 1.82) is 0 Å². The monoisotopic (exact) mass is 340 g/mol. The van der Waals surface area contributed by atoms with Gasteiger partial charge in [0.2, 0.25) is 11.8 Å². The molecular weight excluding hydrogens is 316 g/mol. The fourth-order valence-electron chi connectivity index (χ4n) is 3.35. The summed E-state index contributed by atoms with van der Waals surface area (Å²) >= 11 is 0. The van der Waals surface area contributed by atoms with Crippen molar-refractivity contribution >= 4 is 17.5 Å². The second-order valence-corrected chi connectivity index (χ2v) is 7.29. The van der Waals surface area contributed by atoms with Gasteiger partial charge in [-0.2, -0.15) is 0 Å². The number of anilines is 1. The van der Waals surface area contributed by atoms with Crippen LogP contribution in [-0.4, -0.2) is 24.4 Å². The number of rotatable bonds is 5. The zero-order chi connectivity index (χ0) is 18.2. The van der Waals surface area contributed by atoms with Crippen molar-refractivity contribution in [2.45, 2.75) is 45.6 Å². The van der Waals surface area contributed by atoms with Crippen LogP contribution in [0.1, 0.15) is 37.7 Å². The predicted molar refractivity (Wildman–Crippen MR) is 96.6 cm³/mol. The molecule has 1 aliphatic heterocycles. The van der Waals surface area contributed by atoms with Crippen LogP contribution in [0.5, 0.6) is 0 Å². The molecule has 0 bridgehead atoms. The highest BCUT2D eigenvalue weighted by molar-refractivity contribution is 6.10. The van der Waals surface area contributed by atoms with Crippen LogP contribution >= 0.6 is 0 Å². The molecule has 2 amide bonds. The third kappa shape index (κ3) is 3.31. The topological polar surface area (TPSA) is 62.6 Å². The smallest absolute Gasteiger partial charge is 0.240 e. The maximum atomic E-state index is 12.8. The van der Waals surface area contributed by atoms with Gasteiger partial charge in [-0.1, -0.05) is 17.7 Å². The maximum absolute atomic E-state index is 12.8. The first-order chi connectivity index (χ1) is 11.8. The van der Waals surface area contributed by atoms with E-state index in [0.717, 1.165) is 22.6 Å². The van der Waals surface area contributed by atoms with Crippen LogP contribution in [0.3, 0.4) is 0 Å². The molecule has 0 saturated carbocycles. The second kappa shape index (κ2) is 6.39. The normalized spacial score (nSPS) is 16.6. The lowest BCUT2D eigenvalue weighted by Crippen LogP contribution is -2.45. The first-order valence-corrected chi connectivity index (χ1v) is 8.54. The van der Waals surface area contributed by atoms with Crippen LogP contribution in [0.2, 0.25) is 0 Å². The SMILES string of the molecule is Cc1ccc2c(c1)C(C)(C)C(=O)N2CC(=O)N[C@H](C)Cc1ccco1. The molecule has 0 fully saturated rings. The Labute approximate surface area is 148 Å². The number of hydrogen-bond donors (Lipinski definition) is 1. The summed E-state index contributed by atoms with van der Waals surface area (Å²) in [6, 6.07) is 9.57. The predicted octanol–water partition coefficient (Wildman–Crippen LogP) is 2.96. The van der Waals surface area contributed by atoms with Crippen LogP contribution in [0.25, 0.3) is 0 Å². The van der Waals surface area contributed by atoms with Gasteiger partial charge in [-0.3, -0.25) is 9.59 Å². The van der Waals surface area contributed by atoms with Crippen molar-refractivity contribution in [2.24, 2.45) is 0 Å². The van der Waals surface area contributed by atoms with Crippen LogP contribution in [0.15, 0.2) is 41.0 Å². The van der Waals surface area contributed by atoms with Gasteiger partial charge in [0, 0.05) is 18.2 Å². The van der Waals surface area contributed by atoms with Crippen LogP contribution in [0, 0.1) is 6.92 Å². The number of fused-ring (bicyclic) bond motifs is 1. The number of carbonyl (C=O) groups excluding carboxylic acids is 2. The molecule has 1 aromatic heterocycles. The molecule has 5 heteroatoms. The Morgan fingerprint density at radius 2 is 2.08 bits per heavy atom. The molecule has 0 aliphatic carbocycles. The maximum Gasteiger partial charge on any atom is 0.240 e. The van der Waals surface area contributed by atoms with E-state index in [9.17, 15) is 9.59 Å². The summed E-state index contributed by atoms with van der Waals surface area (Å²) in [4.78, 5) is 26.8. The Morgan fingerprint density at radius 1 is 1.32 bits per heavy atom. The Bertz CT molecular complexity index is 793. The summed E-state index contributed by atoms with van der Waals surface area (Å²) in [6.07, 6.45) is 2.24. The molecular formula is C20H24N2O3. The zero-order valence-corrected chi connectivity index (χ0v) is 15.1. The second-order valence-electron chi connectivity index (χ2n) is 7.29. The molecule has 0 radical (unpaired) electrons. The van der Waals surface area contributed by atoms with E-state index < -0.39 is 5.41 Å². The quantitative estimate of drug-likeness (QED) is 0.910. The summed E-state index contributed by atoms with van der Waals surface area (Å²) < 4.78 is 5.31. The van der Waals surface area contributed by atoms with Gasteiger partial charge < -0.3 is 14.6 Å². The lowest BCUT2D eigenvalue weighted by Gasteiger charge is -2.21. The van der Waals surface area contributed by atoms with Gasteiger partial charge in [-0.15, -0.1) is 0 Å². The van der Waals surface area contributed by atoms with E-state index in [1.165, 1.54) is 0 Å². The molecule has 0 unspecified atom stereocenters. The molecule has 1 atom stereocenters. The Hall–Kier alpha value is -2.56. The molecule has 2 aromatic rings. The highest BCUT2D eigenvalue weighted by atomic mass is 16.3. The number of hydrogen-bond acceptors (Lipinski definition) is 3. The third-order valence-corrected chi connectivity index (χ3v) is 4.69. The minimum atomic E-state index is -0.610. The molecule has 1 N–H and O–H groups in total. The first-order valence-electron chi connectivity index (χ1n) is 8.54. The largest absolute Gasteiger partial charge is 0.469 e. The Morgan fingerprint density at radius 3 is 2.76 bits per heavy atom. The summed E-state index contributed by atoms with van der Waals surface area (Å²) in [5.74, 6) is 0.616. The number of benzene rings is 1. The van der Waals surface area contributed by atoms with E-state index in [1.54, 1.807) is 11.2 Å². The Kier molecular flexibility index (Phi) is 4.41. The molecule has 132 valence electrons. The first kappa shape index (κ1) is 17.3. The van der Waals surface area contributed by atoms with Crippen LogP contribution in [-0.2, 0) is 21.4 Å². The standard InChI is InChI=1S/C20H24N2O3/c1-13-7-8-17-16(10-13)20(3,4)19(24)22(17)12-18(23)21-14(2)11-15-6-5-9-25-15/h5-10,14H,11-12H2,1-4H3,(H,21,23)/t14-/m1/s1. The molecule has 0 spiro atoms. The fraction of sp³-hybridized carbons (Fsp3) is 0.400. The number of nitrogens with zero attached hydrogens (tertiary/aromatic N) is 1. The van der Waals surface area contributed by atoms with E-state index in [4.69, 9.17) is 4.42 Å². The summed E-state index contributed by atoms with van der Waals surface area (Å²) in [5, 5.41) is 2.94. The van der Waals surface area contributed by atoms with E-state index in [-0.39, 0.29) is 24.4 Å². The number of amides is 2. The highest BCUT2D eigenvalue weighted by Crippen LogP contribution is 2.41. The van der Waals surface area contributed by atoms with Gasteiger partial charge in [0.05, 0.1) is 11.7 Å². The Balaban J connectivity index is 1.70. The molecule has 25 heavy (non-hydrogen) atoms. The van der Waals surface area contributed by atoms with Crippen molar-refractivity contribution in [3.63, 3.8) is 0 Å². The third-order valence-electron chi connectivity index (χ3n) is 4.69. The van der Waals surface area contributed by atoms with E-state index >= 15 is 0 Å². The van der Waals surface area contributed by atoms with Crippen molar-refractivity contribution in [2.75, 3.05) is 11.4 Å². The minimum Gasteiger partial charge on any atom is -0.469 e. The average Bonchev–Trinajstić information content (AvgIpc) is 3.09. The molecule has 1 aromatic carbocycles. The van der Waals surface area contributed by atoms with Crippen molar-refractivity contribution in [1.82, 2.24) is 5.32 Å². The van der Waals surface area contributed by atoms with Gasteiger partial charge in [-0.05, 0) is 51.5 Å². The van der Waals surface area contributed by atoms with E-state index in [0.29, 0.717) is 6.42 Å². The number of carbonyl (C=O) groups is 2. The summed E-state index contributed by atoms with van der Waals surface area (Å²) in [6.45, 7) is 7.77. The lowest BCUT2D eigenvalue weighted by molar-refractivity contribution is -0.125. The molecule has 1 aliphatic rings. The number of furan rings is 1. The number of nitrogens with one attached hydrogen (secondary N) is 1. The molecule has 2 heterocycles. The summed E-state index contributed by atoms with van der Waals surface area (Å²) in [5.41, 5.74) is 2.31. The summed E-state index contributed by atoms with van der Waals surface area (Å²) in [7, 11) is 0. The minimum absolute atomic E-state index is 0.0286. The van der Waals surface area contributed by atoms with Crippen LogP contribution in [0.4, 0.5) is 5.69 Å². The van der Waals surface area contributed by atoms with Crippen LogP contribution < -0.4 is 10.2 Å². The molecule has 3 rings (SSSR count). The van der Waals surface area contributed by atoms with Crippen molar-refractivity contribution < 1.29 is 14.0 Å². The van der Waals surface area contributed by atoms with E-state index in [2.05, 4.69) is 5.32 Å². The van der Waals surface area contributed by atoms with Gasteiger partial charge in [0.25, 0.3) is 0 Å². The highest BCUT2D eigenvalue weighted by Gasteiger charge is 2.44. The average molecular weight is 340 g/mol. The van der Waals surface area contributed by atoms with Gasteiger partial charge >= 0.3 is 0 Å². The van der Waals surface area contributed by atoms with Gasteiger partial charge in [0.15, 0.2) is 0 Å². The fourth-order valence-corrected chi connectivity index (χ4v) is 3.35.